The Balaban J connectivity index is 0.000000433. The van der Waals surface area contributed by atoms with Gasteiger partial charge in [0.1, 0.15) is 11.6 Å². The highest BCUT2D eigenvalue weighted by atomic mass is 32.2. The summed E-state index contributed by atoms with van der Waals surface area (Å²) >= 11 is 1.71. The van der Waals surface area contributed by atoms with E-state index in [1.54, 1.807) is 35.6 Å². The van der Waals surface area contributed by atoms with Crippen LogP contribution in [0.1, 0.15) is 30.1 Å². The molecule has 0 spiro atoms. The lowest BCUT2D eigenvalue weighted by Gasteiger charge is -2.14. The van der Waals surface area contributed by atoms with Crippen LogP contribution in [0.4, 0.5) is 10.1 Å². The molecular formula is C16H20FN3O2S. The molecule has 0 aliphatic heterocycles. The molecule has 1 saturated carbocycles. The SMILES string of the molecule is CNc1cc(F)cc(C2CC2)c1SCc1ccco1.NNC=O. The molecule has 0 atom stereocenters. The molecule has 1 aromatic carbocycles. The fourth-order valence-electron chi connectivity index (χ4n) is 2.20. The van der Waals surface area contributed by atoms with Gasteiger partial charge in [0.15, 0.2) is 0 Å². The average Bonchev–Trinajstić information content (AvgIpc) is 3.29. The van der Waals surface area contributed by atoms with Crippen LogP contribution < -0.4 is 16.6 Å². The van der Waals surface area contributed by atoms with E-state index in [9.17, 15) is 4.39 Å². The second kappa shape index (κ2) is 8.59. The summed E-state index contributed by atoms with van der Waals surface area (Å²) < 4.78 is 19.0. The summed E-state index contributed by atoms with van der Waals surface area (Å²) in [5.74, 6) is 6.49. The van der Waals surface area contributed by atoms with Gasteiger partial charge in [-0.15, -0.1) is 11.8 Å². The number of nitrogens with two attached hydrogens (primary N) is 1. The first-order chi connectivity index (χ1) is 11.2. The molecule has 1 aliphatic rings. The van der Waals surface area contributed by atoms with Crippen LogP contribution in [-0.2, 0) is 10.5 Å². The number of carbonyl (C=O) groups is 1. The van der Waals surface area contributed by atoms with Gasteiger partial charge in [-0.2, -0.15) is 0 Å². The largest absolute Gasteiger partial charge is 0.468 e. The first-order valence-electron chi connectivity index (χ1n) is 7.25. The van der Waals surface area contributed by atoms with Crippen molar-refractivity contribution in [2.75, 3.05) is 12.4 Å². The zero-order valence-corrected chi connectivity index (χ0v) is 13.7. The van der Waals surface area contributed by atoms with E-state index in [0.29, 0.717) is 12.3 Å². The first kappa shape index (κ1) is 17.4. The Hall–Kier alpha value is -1.99. The first-order valence-corrected chi connectivity index (χ1v) is 8.24. The smallest absolute Gasteiger partial charge is 0.221 e. The van der Waals surface area contributed by atoms with Gasteiger partial charge in [-0.25, -0.2) is 10.2 Å². The van der Waals surface area contributed by atoms with E-state index in [0.717, 1.165) is 27.7 Å². The van der Waals surface area contributed by atoms with Crippen LogP contribution in [0.3, 0.4) is 0 Å². The van der Waals surface area contributed by atoms with Gasteiger partial charge in [0.2, 0.25) is 6.41 Å². The summed E-state index contributed by atoms with van der Waals surface area (Å²) in [6.45, 7) is 0. The average molecular weight is 337 g/mol. The Bertz CT molecular complexity index is 631. The second-order valence-electron chi connectivity index (χ2n) is 5.05. The van der Waals surface area contributed by atoms with Crippen LogP contribution in [0, 0.1) is 5.82 Å². The van der Waals surface area contributed by atoms with Crippen molar-refractivity contribution in [2.24, 2.45) is 5.84 Å². The molecule has 1 fully saturated rings. The van der Waals surface area contributed by atoms with Gasteiger partial charge in [0.05, 0.1) is 17.7 Å². The highest BCUT2D eigenvalue weighted by Crippen LogP contribution is 2.47. The maximum Gasteiger partial charge on any atom is 0.221 e. The number of hydrazine groups is 1. The molecule has 0 saturated heterocycles. The number of nitrogens with one attached hydrogen (secondary N) is 2. The number of halogens is 1. The van der Waals surface area contributed by atoms with Gasteiger partial charge in [-0.05, 0) is 48.6 Å². The number of amides is 1. The molecule has 1 amide bonds. The van der Waals surface area contributed by atoms with Crippen molar-refractivity contribution >= 4 is 23.9 Å². The monoisotopic (exact) mass is 337 g/mol. The maximum absolute atomic E-state index is 13.6. The van der Waals surface area contributed by atoms with Crippen molar-refractivity contribution in [3.05, 3.63) is 47.7 Å². The molecule has 2 aromatic rings. The number of furan rings is 1. The predicted octanol–water partition coefficient (Wildman–Crippen LogP) is 3.24. The molecule has 5 nitrogen and oxygen atoms in total. The van der Waals surface area contributed by atoms with Crippen LogP contribution >= 0.6 is 11.8 Å². The Morgan fingerprint density at radius 1 is 1.48 bits per heavy atom. The van der Waals surface area contributed by atoms with Crippen molar-refractivity contribution in [1.82, 2.24) is 5.43 Å². The quantitative estimate of drug-likeness (QED) is 0.248. The fourth-order valence-corrected chi connectivity index (χ4v) is 3.36. The lowest BCUT2D eigenvalue weighted by Crippen LogP contribution is -2.18. The highest BCUT2D eigenvalue weighted by Gasteiger charge is 2.28. The maximum atomic E-state index is 13.6. The summed E-state index contributed by atoms with van der Waals surface area (Å²) in [6.07, 6.45) is 4.42. The Morgan fingerprint density at radius 3 is 2.74 bits per heavy atom. The number of benzene rings is 1. The molecule has 124 valence electrons. The highest BCUT2D eigenvalue weighted by molar-refractivity contribution is 7.98. The lowest BCUT2D eigenvalue weighted by atomic mass is 10.1. The van der Waals surface area contributed by atoms with E-state index in [4.69, 9.17) is 9.21 Å². The van der Waals surface area contributed by atoms with Crippen LogP contribution in [-0.4, -0.2) is 13.5 Å². The molecule has 4 N–H and O–H groups in total. The number of anilines is 1. The minimum Gasteiger partial charge on any atom is -0.468 e. The van der Waals surface area contributed by atoms with Crippen LogP contribution in [0.25, 0.3) is 0 Å². The molecule has 1 aromatic heterocycles. The summed E-state index contributed by atoms with van der Waals surface area (Å²) in [5.41, 5.74) is 3.76. The van der Waals surface area contributed by atoms with E-state index in [2.05, 4.69) is 11.2 Å². The number of rotatable bonds is 6. The number of carbonyl (C=O) groups excluding carboxylic acids is 1. The van der Waals surface area contributed by atoms with E-state index >= 15 is 0 Å². The Morgan fingerprint density at radius 2 is 2.22 bits per heavy atom. The Kier molecular flexibility index (Phi) is 6.49. The number of hydrogen-bond acceptors (Lipinski definition) is 5. The fraction of sp³-hybridized carbons (Fsp3) is 0.312. The zero-order valence-electron chi connectivity index (χ0n) is 12.8. The van der Waals surface area contributed by atoms with E-state index in [1.165, 1.54) is 12.8 Å². The Labute approximate surface area is 138 Å². The normalized spacial score (nSPS) is 13.0. The molecule has 7 heteroatoms. The van der Waals surface area contributed by atoms with Crippen LogP contribution in [0.5, 0.6) is 0 Å². The van der Waals surface area contributed by atoms with Crippen LogP contribution in [0.15, 0.2) is 39.8 Å². The van der Waals surface area contributed by atoms with Gasteiger partial charge in [-0.1, -0.05) is 0 Å². The standard InChI is InChI=1S/C15H16FNOS.CH4N2O/c1-17-14-8-11(16)7-13(10-4-5-10)15(14)19-9-12-3-2-6-18-12;2-3-1-4/h2-3,6-8,10,17H,4-5,9H2,1H3;1H,2H2,(H,3,4). The van der Waals surface area contributed by atoms with Gasteiger partial charge in [0, 0.05) is 11.9 Å². The van der Waals surface area contributed by atoms with Gasteiger partial charge in [0.25, 0.3) is 0 Å². The van der Waals surface area contributed by atoms with E-state index < -0.39 is 0 Å². The van der Waals surface area contributed by atoms with Crippen molar-refractivity contribution < 1.29 is 13.6 Å². The zero-order chi connectivity index (χ0) is 16.7. The van der Waals surface area contributed by atoms with Gasteiger partial charge < -0.3 is 9.73 Å². The van der Waals surface area contributed by atoms with E-state index in [-0.39, 0.29) is 5.82 Å². The third-order valence-electron chi connectivity index (χ3n) is 3.38. The number of thioether (sulfide) groups is 1. The molecule has 1 heterocycles. The van der Waals surface area contributed by atoms with Gasteiger partial charge in [-0.3, -0.25) is 10.2 Å². The van der Waals surface area contributed by atoms with Crippen molar-refractivity contribution in [2.45, 2.75) is 29.4 Å². The summed E-state index contributed by atoms with van der Waals surface area (Å²) in [6, 6.07) is 7.10. The third kappa shape index (κ3) is 5.01. The topological polar surface area (TPSA) is 80.3 Å². The van der Waals surface area contributed by atoms with Crippen LogP contribution in [0.2, 0.25) is 0 Å². The van der Waals surface area contributed by atoms with Crippen molar-refractivity contribution in [3.8, 4) is 0 Å². The molecular weight excluding hydrogens is 317 g/mol. The molecule has 0 radical (unpaired) electrons. The van der Waals surface area contributed by atoms with Crippen molar-refractivity contribution in [3.63, 3.8) is 0 Å². The molecule has 0 bridgehead atoms. The molecule has 1 aliphatic carbocycles. The number of hydrogen-bond donors (Lipinski definition) is 3. The molecule has 0 unspecified atom stereocenters. The second-order valence-corrected chi connectivity index (χ2v) is 6.03. The van der Waals surface area contributed by atoms with Crippen molar-refractivity contribution in [1.29, 1.82) is 0 Å². The summed E-state index contributed by atoms with van der Waals surface area (Å²) in [4.78, 5) is 10.1. The summed E-state index contributed by atoms with van der Waals surface area (Å²) in [7, 11) is 1.84. The molecule has 3 rings (SSSR count). The third-order valence-corrected chi connectivity index (χ3v) is 4.55. The summed E-state index contributed by atoms with van der Waals surface area (Å²) in [5, 5.41) is 3.10. The minimum absolute atomic E-state index is 0.159. The molecule has 23 heavy (non-hydrogen) atoms. The lowest BCUT2D eigenvalue weighted by molar-refractivity contribution is -0.109. The van der Waals surface area contributed by atoms with Gasteiger partial charge >= 0.3 is 0 Å². The van der Waals surface area contributed by atoms with E-state index in [1.807, 2.05) is 19.2 Å². The minimum atomic E-state index is -0.159. The predicted molar refractivity (Wildman–Crippen MR) is 89.6 cm³/mol.